The van der Waals surface area contributed by atoms with Crippen molar-refractivity contribution >= 4 is 5.97 Å². The standard InChI is InChI=1S/C18H30NO2/c1-5-17(2,3)16(20)21-18(11-19-4)14-7-12-6-13(9-14)10-15(18)8-12/h12-15H,5-11H2,1-4H3/q-1. The lowest BCUT2D eigenvalue weighted by atomic mass is 9.49. The van der Waals surface area contributed by atoms with E-state index in [9.17, 15) is 4.79 Å². The van der Waals surface area contributed by atoms with Gasteiger partial charge in [-0.05, 0) is 76.0 Å². The van der Waals surface area contributed by atoms with Crippen molar-refractivity contribution in [2.24, 2.45) is 29.1 Å². The molecule has 0 aliphatic heterocycles. The Morgan fingerprint density at radius 2 is 1.67 bits per heavy atom. The molecule has 3 heteroatoms. The molecule has 0 heterocycles. The molecule has 21 heavy (non-hydrogen) atoms. The number of likely N-dealkylation sites (N-methyl/N-ethyl adjacent to an activating group) is 1. The van der Waals surface area contributed by atoms with Crippen LogP contribution in [-0.2, 0) is 9.53 Å². The predicted octanol–water partition coefficient (Wildman–Crippen LogP) is 4.16. The number of hydrogen-bond donors (Lipinski definition) is 0. The van der Waals surface area contributed by atoms with Crippen LogP contribution in [0.3, 0.4) is 0 Å². The molecule has 120 valence electrons. The molecule has 4 fully saturated rings. The van der Waals surface area contributed by atoms with Crippen LogP contribution in [0, 0.1) is 29.1 Å². The van der Waals surface area contributed by atoms with Crippen molar-refractivity contribution in [1.82, 2.24) is 0 Å². The topological polar surface area (TPSA) is 40.4 Å². The monoisotopic (exact) mass is 292 g/mol. The van der Waals surface area contributed by atoms with Crippen LogP contribution in [0.4, 0.5) is 0 Å². The Balaban J connectivity index is 1.85. The van der Waals surface area contributed by atoms with E-state index in [1.807, 2.05) is 20.9 Å². The van der Waals surface area contributed by atoms with E-state index in [1.54, 1.807) is 0 Å². The minimum Gasteiger partial charge on any atom is -0.662 e. The number of carbonyl (C=O) groups is 1. The molecule has 4 rings (SSSR count). The van der Waals surface area contributed by atoms with Gasteiger partial charge < -0.3 is 10.1 Å². The lowest BCUT2D eigenvalue weighted by Gasteiger charge is -2.62. The van der Waals surface area contributed by atoms with Gasteiger partial charge >= 0.3 is 5.97 Å². The minimum absolute atomic E-state index is 0.0128. The number of esters is 1. The highest BCUT2D eigenvalue weighted by Gasteiger charge is 2.58. The molecule has 0 N–H and O–H groups in total. The van der Waals surface area contributed by atoms with Crippen molar-refractivity contribution in [2.75, 3.05) is 13.6 Å². The predicted molar refractivity (Wildman–Crippen MR) is 84.1 cm³/mol. The van der Waals surface area contributed by atoms with E-state index in [4.69, 9.17) is 4.74 Å². The van der Waals surface area contributed by atoms with Crippen molar-refractivity contribution in [3.05, 3.63) is 5.32 Å². The SMILES string of the molecule is CCC(C)(C)C(=O)OC1(C[N-]C)C2CC3CC(C2)CC1C3. The maximum atomic E-state index is 12.7. The third-order valence-corrected chi connectivity index (χ3v) is 6.64. The minimum atomic E-state index is -0.380. The molecular formula is C18H30NO2-. The largest absolute Gasteiger partial charge is 0.662 e. The van der Waals surface area contributed by atoms with E-state index in [2.05, 4.69) is 12.2 Å². The Kier molecular flexibility index (Phi) is 3.84. The number of nitrogens with zero attached hydrogens (tertiary/aromatic N) is 1. The fourth-order valence-corrected chi connectivity index (χ4v) is 5.14. The van der Waals surface area contributed by atoms with E-state index in [-0.39, 0.29) is 17.0 Å². The van der Waals surface area contributed by atoms with Crippen LogP contribution in [0.25, 0.3) is 5.32 Å². The second-order valence-electron chi connectivity index (χ2n) is 8.36. The number of hydrogen-bond acceptors (Lipinski definition) is 2. The second kappa shape index (κ2) is 5.26. The van der Waals surface area contributed by atoms with Gasteiger partial charge in [-0.3, -0.25) is 4.79 Å². The number of ether oxygens (including phenoxy) is 1. The first kappa shape index (κ1) is 15.3. The van der Waals surface area contributed by atoms with Crippen LogP contribution in [0.2, 0.25) is 0 Å². The van der Waals surface area contributed by atoms with E-state index in [0.717, 1.165) is 18.3 Å². The highest BCUT2D eigenvalue weighted by atomic mass is 16.6. The molecule has 0 spiro atoms. The van der Waals surface area contributed by atoms with Gasteiger partial charge in [-0.25, -0.2) is 0 Å². The molecule has 3 nitrogen and oxygen atoms in total. The van der Waals surface area contributed by atoms with E-state index in [1.165, 1.54) is 32.1 Å². The molecule has 0 unspecified atom stereocenters. The molecule has 4 saturated carbocycles. The fraction of sp³-hybridized carbons (Fsp3) is 0.944. The van der Waals surface area contributed by atoms with Crippen LogP contribution in [0.15, 0.2) is 0 Å². The average Bonchev–Trinajstić information content (AvgIpc) is 2.43. The summed E-state index contributed by atoms with van der Waals surface area (Å²) >= 11 is 0. The first-order valence-corrected chi connectivity index (χ1v) is 8.70. The van der Waals surface area contributed by atoms with Crippen LogP contribution in [0.5, 0.6) is 0 Å². The summed E-state index contributed by atoms with van der Waals surface area (Å²) in [4.78, 5) is 12.7. The highest BCUT2D eigenvalue weighted by Crippen LogP contribution is 2.60. The summed E-state index contributed by atoms with van der Waals surface area (Å²) in [7, 11) is 1.87. The van der Waals surface area contributed by atoms with Gasteiger partial charge in [0.1, 0.15) is 0 Å². The zero-order valence-corrected chi connectivity index (χ0v) is 14.0. The Hall–Kier alpha value is -0.570. The van der Waals surface area contributed by atoms with E-state index >= 15 is 0 Å². The Bertz CT molecular complexity index is 387. The van der Waals surface area contributed by atoms with Gasteiger partial charge in [0.25, 0.3) is 0 Å². The van der Waals surface area contributed by atoms with Gasteiger partial charge in [-0.2, -0.15) is 7.05 Å². The van der Waals surface area contributed by atoms with Gasteiger partial charge in [0.15, 0.2) is 0 Å². The summed E-state index contributed by atoms with van der Waals surface area (Å²) in [6.45, 7) is 6.77. The summed E-state index contributed by atoms with van der Waals surface area (Å²) in [6.07, 6.45) is 7.25. The van der Waals surface area contributed by atoms with Crippen LogP contribution >= 0.6 is 0 Å². The van der Waals surface area contributed by atoms with Crippen molar-refractivity contribution in [2.45, 2.75) is 64.9 Å². The first-order valence-electron chi connectivity index (χ1n) is 8.70. The molecule has 0 aromatic heterocycles. The van der Waals surface area contributed by atoms with Crippen molar-refractivity contribution in [3.63, 3.8) is 0 Å². The van der Waals surface area contributed by atoms with Gasteiger partial charge in [0, 0.05) is 0 Å². The lowest BCUT2D eigenvalue weighted by molar-refractivity contribution is -0.212. The first-order chi connectivity index (χ1) is 9.91. The van der Waals surface area contributed by atoms with Crippen LogP contribution < -0.4 is 0 Å². The summed E-state index contributed by atoms with van der Waals surface area (Å²) in [5, 5.41) is 4.44. The molecule has 0 aromatic rings. The van der Waals surface area contributed by atoms with Crippen LogP contribution in [0.1, 0.15) is 59.3 Å². The van der Waals surface area contributed by atoms with Crippen molar-refractivity contribution < 1.29 is 9.53 Å². The molecule has 0 radical (unpaired) electrons. The van der Waals surface area contributed by atoms with Gasteiger partial charge in [-0.1, -0.05) is 6.92 Å². The Morgan fingerprint density at radius 3 is 2.10 bits per heavy atom. The van der Waals surface area contributed by atoms with Crippen molar-refractivity contribution in [3.8, 4) is 0 Å². The number of rotatable bonds is 5. The van der Waals surface area contributed by atoms with Crippen molar-refractivity contribution in [1.29, 1.82) is 0 Å². The Labute approximate surface area is 129 Å². The van der Waals surface area contributed by atoms with E-state index in [0.29, 0.717) is 18.4 Å². The molecule has 4 aliphatic carbocycles. The molecule has 0 aromatic carbocycles. The lowest BCUT2D eigenvalue weighted by Crippen LogP contribution is -2.62. The second-order valence-corrected chi connectivity index (χ2v) is 8.36. The third-order valence-electron chi connectivity index (χ3n) is 6.64. The summed E-state index contributed by atoms with van der Waals surface area (Å²) in [5.74, 6) is 2.86. The molecule has 4 bridgehead atoms. The maximum Gasteiger partial charge on any atom is 0.312 e. The smallest absolute Gasteiger partial charge is 0.312 e. The zero-order valence-electron chi connectivity index (χ0n) is 14.0. The van der Waals surface area contributed by atoms with Gasteiger partial charge in [-0.15, -0.1) is 6.54 Å². The third kappa shape index (κ3) is 2.42. The average molecular weight is 292 g/mol. The van der Waals surface area contributed by atoms with Crippen LogP contribution in [-0.4, -0.2) is 25.2 Å². The Morgan fingerprint density at radius 1 is 1.14 bits per heavy atom. The summed E-state index contributed by atoms with van der Waals surface area (Å²) < 4.78 is 6.28. The normalized spacial score (nSPS) is 41.3. The van der Waals surface area contributed by atoms with Gasteiger partial charge in [0.2, 0.25) is 0 Å². The number of carbonyl (C=O) groups excluding carboxylic acids is 1. The molecule has 4 aliphatic rings. The molecular weight excluding hydrogens is 262 g/mol. The summed E-state index contributed by atoms with van der Waals surface area (Å²) in [6, 6.07) is 0. The fourth-order valence-electron chi connectivity index (χ4n) is 5.14. The molecule has 0 amide bonds. The maximum absolute atomic E-state index is 12.7. The van der Waals surface area contributed by atoms with Gasteiger partial charge in [0.05, 0.1) is 11.0 Å². The molecule has 0 saturated heterocycles. The molecule has 0 atom stereocenters. The highest BCUT2D eigenvalue weighted by molar-refractivity contribution is 5.76. The quantitative estimate of drug-likeness (QED) is 0.714. The van der Waals surface area contributed by atoms with E-state index < -0.39 is 0 Å². The summed E-state index contributed by atoms with van der Waals surface area (Å²) in [5.41, 5.74) is -0.666. The zero-order chi connectivity index (χ0) is 15.3.